The highest BCUT2D eigenvalue weighted by molar-refractivity contribution is 7.10. The largest absolute Gasteiger partial charge is 0.338 e. The minimum atomic E-state index is 0.317. The SMILES string of the molecule is O=C(Cc1cccs1)N(CC1CCCCN1)C1CC1. The number of amides is 1. The van der Waals surface area contributed by atoms with Gasteiger partial charge in [-0.25, -0.2) is 0 Å². The van der Waals surface area contributed by atoms with Gasteiger partial charge in [-0.15, -0.1) is 11.3 Å². The number of piperidine rings is 1. The molecule has 1 aromatic heterocycles. The molecule has 1 aliphatic heterocycles. The van der Waals surface area contributed by atoms with Gasteiger partial charge in [-0.1, -0.05) is 12.5 Å². The van der Waals surface area contributed by atoms with Crippen LogP contribution in [0.2, 0.25) is 0 Å². The molecule has 2 fully saturated rings. The van der Waals surface area contributed by atoms with Crippen LogP contribution < -0.4 is 5.32 Å². The lowest BCUT2D eigenvalue weighted by Crippen LogP contribution is -2.47. The Morgan fingerprint density at radius 1 is 1.37 bits per heavy atom. The highest BCUT2D eigenvalue weighted by Crippen LogP contribution is 2.28. The van der Waals surface area contributed by atoms with Crippen molar-refractivity contribution in [1.29, 1.82) is 0 Å². The molecule has 0 aromatic carbocycles. The molecule has 0 bridgehead atoms. The second-order valence-electron chi connectivity index (χ2n) is 5.68. The standard InChI is InChI=1S/C15H22N2OS/c18-15(10-14-5-3-9-19-14)17(13-6-7-13)11-12-4-1-2-8-16-12/h3,5,9,12-13,16H,1-2,4,6-8,10-11H2. The molecule has 1 atom stereocenters. The fourth-order valence-electron chi connectivity index (χ4n) is 2.82. The fourth-order valence-corrected chi connectivity index (χ4v) is 3.52. The molecular formula is C15H22N2OS. The van der Waals surface area contributed by atoms with Gasteiger partial charge >= 0.3 is 0 Å². The molecule has 19 heavy (non-hydrogen) atoms. The van der Waals surface area contributed by atoms with E-state index in [-0.39, 0.29) is 0 Å². The topological polar surface area (TPSA) is 32.3 Å². The maximum Gasteiger partial charge on any atom is 0.228 e. The zero-order valence-corrected chi connectivity index (χ0v) is 12.1. The van der Waals surface area contributed by atoms with Gasteiger partial charge in [0.05, 0.1) is 6.42 Å². The first-order valence-electron chi connectivity index (χ1n) is 7.38. The van der Waals surface area contributed by atoms with E-state index in [1.807, 2.05) is 11.4 Å². The van der Waals surface area contributed by atoms with E-state index in [1.54, 1.807) is 11.3 Å². The van der Waals surface area contributed by atoms with Crippen LogP contribution in [0.3, 0.4) is 0 Å². The predicted octanol–water partition coefficient (Wildman–Crippen LogP) is 2.42. The smallest absolute Gasteiger partial charge is 0.228 e. The lowest BCUT2D eigenvalue weighted by atomic mass is 10.0. The van der Waals surface area contributed by atoms with Crippen molar-refractivity contribution in [3.8, 4) is 0 Å². The first-order valence-corrected chi connectivity index (χ1v) is 8.26. The Bertz CT molecular complexity index is 408. The minimum Gasteiger partial charge on any atom is -0.338 e. The first-order chi connectivity index (χ1) is 9.33. The predicted molar refractivity (Wildman–Crippen MR) is 78.4 cm³/mol. The van der Waals surface area contributed by atoms with Crippen molar-refractivity contribution in [2.45, 2.75) is 50.6 Å². The highest BCUT2D eigenvalue weighted by atomic mass is 32.1. The zero-order valence-electron chi connectivity index (χ0n) is 11.3. The fraction of sp³-hybridized carbons (Fsp3) is 0.667. The summed E-state index contributed by atoms with van der Waals surface area (Å²) in [6, 6.07) is 5.13. The number of hydrogen-bond donors (Lipinski definition) is 1. The Morgan fingerprint density at radius 2 is 2.26 bits per heavy atom. The minimum absolute atomic E-state index is 0.317. The Kier molecular flexibility index (Phi) is 4.18. The van der Waals surface area contributed by atoms with Crippen LogP contribution in [0.15, 0.2) is 17.5 Å². The molecule has 1 saturated heterocycles. The molecule has 1 amide bonds. The lowest BCUT2D eigenvalue weighted by molar-refractivity contribution is -0.131. The monoisotopic (exact) mass is 278 g/mol. The lowest BCUT2D eigenvalue weighted by Gasteiger charge is -2.30. The first kappa shape index (κ1) is 13.1. The van der Waals surface area contributed by atoms with E-state index in [0.717, 1.165) is 13.1 Å². The normalized spacial score (nSPS) is 23.3. The van der Waals surface area contributed by atoms with E-state index in [1.165, 1.54) is 37.0 Å². The van der Waals surface area contributed by atoms with Crippen molar-refractivity contribution in [2.24, 2.45) is 0 Å². The molecule has 4 heteroatoms. The molecule has 0 spiro atoms. The summed E-state index contributed by atoms with van der Waals surface area (Å²) in [6.07, 6.45) is 6.78. The molecule has 3 nitrogen and oxygen atoms in total. The Morgan fingerprint density at radius 3 is 2.89 bits per heavy atom. The van der Waals surface area contributed by atoms with Gasteiger partial charge in [-0.05, 0) is 43.7 Å². The van der Waals surface area contributed by atoms with E-state index in [0.29, 0.717) is 24.4 Å². The van der Waals surface area contributed by atoms with Crippen LogP contribution >= 0.6 is 11.3 Å². The van der Waals surface area contributed by atoms with Gasteiger partial charge in [0.2, 0.25) is 5.91 Å². The molecule has 1 aliphatic carbocycles. The van der Waals surface area contributed by atoms with Crippen molar-refractivity contribution < 1.29 is 4.79 Å². The van der Waals surface area contributed by atoms with Crippen LogP contribution in [0.4, 0.5) is 0 Å². The molecule has 2 aliphatic rings. The van der Waals surface area contributed by atoms with Crippen molar-refractivity contribution in [1.82, 2.24) is 10.2 Å². The average Bonchev–Trinajstić information content (AvgIpc) is 3.15. The summed E-state index contributed by atoms with van der Waals surface area (Å²) < 4.78 is 0. The molecule has 1 aromatic rings. The van der Waals surface area contributed by atoms with Gasteiger partial charge < -0.3 is 10.2 Å². The molecule has 0 radical (unpaired) electrons. The number of nitrogens with zero attached hydrogens (tertiary/aromatic N) is 1. The maximum absolute atomic E-state index is 12.5. The molecule has 1 unspecified atom stereocenters. The maximum atomic E-state index is 12.5. The van der Waals surface area contributed by atoms with Gasteiger partial charge in [0.15, 0.2) is 0 Å². The van der Waals surface area contributed by atoms with Gasteiger partial charge in [0, 0.05) is 23.5 Å². The van der Waals surface area contributed by atoms with Crippen LogP contribution in [0, 0.1) is 0 Å². The van der Waals surface area contributed by atoms with Crippen LogP contribution in [-0.2, 0) is 11.2 Å². The van der Waals surface area contributed by atoms with Crippen LogP contribution in [-0.4, -0.2) is 36.0 Å². The third-order valence-corrected chi connectivity index (χ3v) is 4.92. The summed E-state index contributed by atoms with van der Waals surface area (Å²) in [4.78, 5) is 15.8. The molecule has 3 rings (SSSR count). The van der Waals surface area contributed by atoms with Gasteiger partial charge in [-0.2, -0.15) is 0 Å². The number of carbonyl (C=O) groups is 1. The number of carbonyl (C=O) groups excluding carboxylic acids is 1. The third-order valence-electron chi connectivity index (χ3n) is 4.04. The molecule has 104 valence electrons. The number of thiophene rings is 1. The third kappa shape index (κ3) is 3.57. The quantitative estimate of drug-likeness (QED) is 0.897. The second-order valence-corrected chi connectivity index (χ2v) is 6.71. The Balaban J connectivity index is 1.58. The molecule has 1 N–H and O–H groups in total. The second kappa shape index (κ2) is 6.06. The Labute approximate surface area is 119 Å². The van der Waals surface area contributed by atoms with Crippen LogP contribution in [0.25, 0.3) is 0 Å². The zero-order chi connectivity index (χ0) is 13.1. The van der Waals surface area contributed by atoms with Crippen molar-refractivity contribution >= 4 is 17.2 Å². The molecule has 1 saturated carbocycles. The summed E-state index contributed by atoms with van der Waals surface area (Å²) in [6.45, 7) is 2.02. The van der Waals surface area contributed by atoms with E-state index >= 15 is 0 Å². The average molecular weight is 278 g/mol. The number of nitrogens with one attached hydrogen (secondary N) is 1. The van der Waals surface area contributed by atoms with Crippen LogP contribution in [0.1, 0.15) is 37.0 Å². The summed E-state index contributed by atoms with van der Waals surface area (Å²) in [5.74, 6) is 0.317. The van der Waals surface area contributed by atoms with Crippen LogP contribution in [0.5, 0.6) is 0 Å². The van der Waals surface area contributed by atoms with E-state index < -0.39 is 0 Å². The summed E-state index contributed by atoms with van der Waals surface area (Å²) in [5, 5.41) is 5.60. The van der Waals surface area contributed by atoms with Gasteiger partial charge in [0.25, 0.3) is 0 Å². The van der Waals surface area contributed by atoms with Crippen molar-refractivity contribution in [2.75, 3.05) is 13.1 Å². The van der Waals surface area contributed by atoms with E-state index in [9.17, 15) is 4.79 Å². The number of hydrogen-bond acceptors (Lipinski definition) is 3. The summed E-state index contributed by atoms with van der Waals surface area (Å²) in [7, 11) is 0. The Hall–Kier alpha value is -0.870. The summed E-state index contributed by atoms with van der Waals surface area (Å²) in [5.41, 5.74) is 0. The van der Waals surface area contributed by atoms with E-state index in [4.69, 9.17) is 0 Å². The molecular weight excluding hydrogens is 256 g/mol. The highest BCUT2D eigenvalue weighted by Gasteiger charge is 2.34. The van der Waals surface area contributed by atoms with Crippen molar-refractivity contribution in [3.63, 3.8) is 0 Å². The van der Waals surface area contributed by atoms with Crippen molar-refractivity contribution in [3.05, 3.63) is 22.4 Å². The van der Waals surface area contributed by atoms with Gasteiger partial charge in [0.1, 0.15) is 0 Å². The van der Waals surface area contributed by atoms with E-state index in [2.05, 4.69) is 16.3 Å². The summed E-state index contributed by atoms with van der Waals surface area (Å²) >= 11 is 1.68. The molecule has 2 heterocycles. The van der Waals surface area contributed by atoms with Gasteiger partial charge in [-0.3, -0.25) is 4.79 Å². The number of rotatable bonds is 5.